The Balaban J connectivity index is 1.52. The maximum Gasteiger partial charge on any atom is 0.326 e. The van der Waals surface area contributed by atoms with Crippen molar-refractivity contribution in [2.75, 3.05) is 51.7 Å². The van der Waals surface area contributed by atoms with Gasteiger partial charge in [0.05, 0.1) is 0 Å². The van der Waals surface area contributed by atoms with Gasteiger partial charge in [-0.1, -0.05) is 45.0 Å². The first kappa shape index (κ1) is 31.2. The number of nitrogens with one attached hydrogen (secondary N) is 2. The minimum atomic E-state index is -1.02. The molecule has 2 aromatic rings. The molecule has 1 aromatic carbocycles. The molecule has 2 heterocycles. The first-order valence-corrected chi connectivity index (χ1v) is 14.5. The van der Waals surface area contributed by atoms with E-state index in [1.54, 1.807) is 11.9 Å². The zero-order valence-electron chi connectivity index (χ0n) is 24.6. The van der Waals surface area contributed by atoms with E-state index in [4.69, 9.17) is 9.72 Å². The van der Waals surface area contributed by atoms with Crippen LogP contribution in [0.4, 0.5) is 10.6 Å². The Morgan fingerprint density at radius 2 is 1.88 bits per heavy atom. The number of amides is 2. The molecule has 1 aliphatic heterocycles. The molecule has 40 heavy (non-hydrogen) atoms. The summed E-state index contributed by atoms with van der Waals surface area (Å²) in [5.74, 6) is 0.815. The fourth-order valence-electron chi connectivity index (χ4n) is 4.91. The van der Waals surface area contributed by atoms with Crippen molar-refractivity contribution in [1.29, 1.82) is 0 Å². The lowest BCUT2D eigenvalue weighted by atomic mass is 9.96. The predicted molar refractivity (Wildman–Crippen MR) is 159 cm³/mol. The number of nitrogens with zero attached hydrogens (tertiary/aromatic N) is 3. The molecule has 0 saturated carbocycles. The van der Waals surface area contributed by atoms with Crippen molar-refractivity contribution in [3.05, 3.63) is 53.7 Å². The van der Waals surface area contributed by atoms with Crippen LogP contribution in [0.15, 0.2) is 42.5 Å². The predicted octanol–water partition coefficient (Wildman–Crippen LogP) is 4.67. The van der Waals surface area contributed by atoms with Crippen molar-refractivity contribution in [3.63, 3.8) is 0 Å². The quantitative estimate of drug-likeness (QED) is 0.275. The summed E-state index contributed by atoms with van der Waals surface area (Å²) in [5, 5.41) is 15.9. The number of carbonyl (C=O) groups excluding carboxylic acids is 1. The number of aliphatic carboxylic acids is 1. The van der Waals surface area contributed by atoms with Gasteiger partial charge in [0, 0.05) is 38.9 Å². The second-order valence-corrected chi connectivity index (χ2v) is 11.8. The lowest BCUT2D eigenvalue weighted by Gasteiger charge is -2.29. The van der Waals surface area contributed by atoms with E-state index >= 15 is 0 Å². The first-order valence-electron chi connectivity index (χ1n) is 14.5. The van der Waals surface area contributed by atoms with Crippen LogP contribution >= 0.6 is 0 Å². The minimum absolute atomic E-state index is 0.0779. The second-order valence-electron chi connectivity index (χ2n) is 11.8. The van der Waals surface area contributed by atoms with Crippen LogP contribution < -0.4 is 15.4 Å². The fraction of sp³-hybridized carbons (Fsp3) is 0.581. The molecule has 220 valence electrons. The number of rotatable bonds is 15. The van der Waals surface area contributed by atoms with Gasteiger partial charge in [0.1, 0.15) is 24.2 Å². The molecule has 0 radical (unpaired) electrons. The summed E-state index contributed by atoms with van der Waals surface area (Å²) in [6.07, 6.45) is 5.39. The molecule has 3 rings (SSSR count). The summed E-state index contributed by atoms with van der Waals surface area (Å²) in [6, 6.07) is 12.7. The van der Waals surface area contributed by atoms with Gasteiger partial charge in [-0.3, -0.25) is 4.90 Å². The lowest BCUT2D eigenvalue weighted by Crippen LogP contribution is -2.49. The molecule has 1 aliphatic rings. The first-order chi connectivity index (χ1) is 19.1. The van der Waals surface area contributed by atoms with Crippen molar-refractivity contribution < 1.29 is 19.4 Å². The number of para-hydroxylation sites is 1. The molecule has 0 fully saturated rings. The molecular weight excluding hydrogens is 506 g/mol. The van der Waals surface area contributed by atoms with E-state index in [2.05, 4.69) is 27.7 Å². The Bertz CT molecular complexity index is 1070. The number of carboxylic acid groups (broad SMARTS) is 1. The molecule has 0 aliphatic carbocycles. The number of ether oxygens (including phenoxy) is 1. The smallest absolute Gasteiger partial charge is 0.326 e. The Hall–Kier alpha value is -3.33. The number of hydrogen-bond donors (Lipinski definition) is 3. The van der Waals surface area contributed by atoms with Crippen LogP contribution in [-0.4, -0.2) is 84.3 Å². The van der Waals surface area contributed by atoms with Gasteiger partial charge < -0.3 is 25.4 Å². The summed E-state index contributed by atoms with van der Waals surface area (Å²) in [4.78, 5) is 33.2. The number of urea groups is 1. The van der Waals surface area contributed by atoms with Crippen LogP contribution in [0.25, 0.3) is 0 Å². The fourth-order valence-corrected chi connectivity index (χ4v) is 4.91. The highest BCUT2D eigenvalue weighted by atomic mass is 16.5. The normalized spacial score (nSPS) is 13.7. The van der Waals surface area contributed by atoms with Gasteiger partial charge in [-0.05, 0) is 74.2 Å². The molecule has 3 N–H and O–H groups in total. The Morgan fingerprint density at radius 3 is 2.60 bits per heavy atom. The second kappa shape index (κ2) is 15.5. The highest BCUT2D eigenvalue weighted by molar-refractivity contribution is 5.82. The number of aromatic nitrogens is 1. The highest BCUT2D eigenvalue weighted by Crippen LogP contribution is 2.20. The molecule has 0 spiro atoms. The van der Waals surface area contributed by atoms with Crippen LogP contribution in [0, 0.1) is 5.41 Å². The van der Waals surface area contributed by atoms with Gasteiger partial charge in [-0.2, -0.15) is 0 Å². The summed E-state index contributed by atoms with van der Waals surface area (Å²) in [5.41, 5.74) is 2.32. The van der Waals surface area contributed by atoms with E-state index in [1.165, 1.54) is 5.56 Å². The number of hydrogen-bond acceptors (Lipinski definition) is 6. The largest absolute Gasteiger partial charge is 0.492 e. The summed E-state index contributed by atoms with van der Waals surface area (Å²) in [7, 11) is 1.69. The number of carboxylic acids is 1. The van der Waals surface area contributed by atoms with Crippen LogP contribution in [0.5, 0.6) is 5.75 Å². The van der Waals surface area contributed by atoms with Gasteiger partial charge >= 0.3 is 12.0 Å². The summed E-state index contributed by atoms with van der Waals surface area (Å²) < 4.78 is 5.91. The summed E-state index contributed by atoms with van der Waals surface area (Å²) >= 11 is 0. The molecule has 9 nitrogen and oxygen atoms in total. The van der Waals surface area contributed by atoms with E-state index in [1.807, 2.05) is 51.1 Å². The third-order valence-electron chi connectivity index (χ3n) is 6.92. The zero-order valence-corrected chi connectivity index (χ0v) is 24.6. The van der Waals surface area contributed by atoms with Crippen molar-refractivity contribution >= 4 is 17.8 Å². The Labute approximate surface area is 239 Å². The van der Waals surface area contributed by atoms with Gasteiger partial charge in [-0.25, -0.2) is 14.6 Å². The summed E-state index contributed by atoms with van der Waals surface area (Å²) in [6.45, 7) is 10.2. The van der Waals surface area contributed by atoms with Crippen molar-refractivity contribution in [2.24, 2.45) is 5.41 Å². The van der Waals surface area contributed by atoms with Crippen LogP contribution in [0.3, 0.4) is 0 Å². The monoisotopic (exact) mass is 553 g/mol. The number of unbranched alkanes of at least 4 members (excludes halogenated alkanes) is 1. The molecule has 9 heteroatoms. The van der Waals surface area contributed by atoms with Gasteiger partial charge in [0.15, 0.2) is 0 Å². The number of pyridine rings is 1. The maximum atomic E-state index is 12.7. The molecule has 0 unspecified atom stereocenters. The number of fused-ring (bicyclic) bond motifs is 1. The molecule has 1 aromatic heterocycles. The molecule has 0 saturated heterocycles. The van der Waals surface area contributed by atoms with Gasteiger partial charge in [0.25, 0.3) is 0 Å². The number of aryl methyl sites for hydroxylation is 2. The van der Waals surface area contributed by atoms with Crippen LogP contribution in [-0.2, 0) is 17.6 Å². The number of anilines is 1. The van der Waals surface area contributed by atoms with Crippen LogP contribution in [0.2, 0.25) is 0 Å². The van der Waals surface area contributed by atoms with E-state index in [0.29, 0.717) is 32.7 Å². The molecule has 0 bridgehead atoms. The highest BCUT2D eigenvalue weighted by Gasteiger charge is 2.24. The topological polar surface area (TPSA) is 107 Å². The average Bonchev–Trinajstić information content (AvgIpc) is 2.92. The minimum Gasteiger partial charge on any atom is -0.492 e. The zero-order chi connectivity index (χ0) is 29.0. The number of benzene rings is 1. The lowest BCUT2D eigenvalue weighted by molar-refractivity contribution is -0.139. The SMILES string of the molecule is CN(CC(C)(C)C)C(=O)N[C@@H](CCN(CCCCc1ccc2c(n1)NCCC2)CCOc1ccccc1)C(=O)O. The molecular formula is C31H47N5O4. The third-order valence-corrected chi connectivity index (χ3v) is 6.92. The van der Waals surface area contributed by atoms with Crippen LogP contribution in [0.1, 0.15) is 57.7 Å². The average molecular weight is 554 g/mol. The molecule has 1 atom stereocenters. The van der Waals surface area contributed by atoms with E-state index in [0.717, 1.165) is 62.5 Å². The van der Waals surface area contributed by atoms with Crippen molar-refractivity contribution in [1.82, 2.24) is 20.1 Å². The number of carbonyl (C=O) groups is 2. The maximum absolute atomic E-state index is 12.7. The van der Waals surface area contributed by atoms with Crippen molar-refractivity contribution in [2.45, 2.75) is 65.3 Å². The Morgan fingerprint density at radius 1 is 1.10 bits per heavy atom. The van der Waals surface area contributed by atoms with Gasteiger partial charge in [0.2, 0.25) is 0 Å². The standard InChI is InChI=1S/C31H47N5O4/c1-31(2,3)23-35(4)30(39)34-27(29(37)38)17-20-36(21-22-40-26-13-6-5-7-14-26)19-9-8-12-25-16-15-24-11-10-18-32-28(24)33-25/h5-7,13-16,27H,8-12,17-23H2,1-4H3,(H,32,33)(H,34,39)(H,37,38)/t27-/m0/s1. The van der Waals surface area contributed by atoms with Crippen molar-refractivity contribution in [3.8, 4) is 5.75 Å². The van der Waals surface area contributed by atoms with Gasteiger partial charge in [-0.15, -0.1) is 0 Å². The molecule has 2 amide bonds. The van der Waals surface area contributed by atoms with E-state index in [9.17, 15) is 14.7 Å². The third kappa shape index (κ3) is 11.0. The Kier molecular flexibility index (Phi) is 12.1. The van der Waals surface area contributed by atoms with E-state index in [-0.39, 0.29) is 11.4 Å². The van der Waals surface area contributed by atoms with E-state index < -0.39 is 12.0 Å².